The maximum absolute atomic E-state index is 13.6. The van der Waals surface area contributed by atoms with Crippen LogP contribution >= 0.6 is 0 Å². The first-order chi connectivity index (χ1) is 16.6. The Labute approximate surface area is 197 Å². The van der Waals surface area contributed by atoms with Crippen molar-refractivity contribution in [3.63, 3.8) is 0 Å². The van der Waals surface area contributed by atoms with Crippen LogP contribution in [0, 0.1) is 24.4 Å². The average molecular weight is 489 g/mol. The normalized spacial score (nSPS) is 22.0. The highest BCUT2D eigenvalue weighted by Crippen LogP contribution is 2.39. The number of fused-ring (bicyclic) bond motifs is 1. The number of nitrogens with one attached hydrogen (secondary N) is 1. The lowest BCUT2D eigenvalue weighted by atomic mass is 9.89. The fraction of sp³-hybridized carbons (Fsp3) is 0.409. The molecule has 0 saturated carbocycles. The fourth-order valence-corrected chi connectivity index (χ4v) is 4.53. The molecule has 2 aliphatic rings. The third-order valence-corrected chi connectivity index (χ3v) is 6.39. The number of hydrogen-bond donors (Lipinski definition) is 1. The molecule has 1 unspecified atom stereocenters. The highest BCUT2D eigenvalue weighted by Gasteiger charge is 2.46. The van der Waals surface area contributed by atoms with E-state index in [1.165, 1.54) is 4.90 Å². The Bertz CT molecular complexity index is 1320. The molecule has 13 heteroatoms. The number of carbonyl (C=O) groups is 2. The zero-order valence-electron chi connectivity index (χ0n) is 19.2. The van der Waals surface area contributed by atoms with E-state index < -0.39 is 28.9 Å². The lowest BCUT2D eigenvalue weighted by Crippen LogP contribution is -2.47. The Kier molecular flexibility index (Phi) is 5.29. The van der Waals surface area contributed by atoms with Gasteiger partial charge in [-0.05, 0) is 13.8 Å². The standard InChI is InChI=1S/C22H22F3N7O3/c1-11-8-32-17(9-30(11)21(34)27-13-4-14(23)19(25)15(24)5-13)16(7-26-32)31-10-22(3,6-18(31)33)20-29-28-12(2)35-20/h4-5,7,11H,6,8-10H2,1-3H3,(H,27,34)/t11-,22?/m0/s1. The predicted octanol–water partition coefficient (Wildman–Crippen LogP) is 3.12. The molecule has 2 atom stereocenters. The van der Waals surface area contributed by atoms with Gasteiger partial charge in [0.2, 0.25) is 17.7 Å². The number of urea groups is 1. The number of anilines is 2. The Morgan fingerprint density at radius 3 is 2.60 bits per heavy atom. The molecule has 3 amide bonds. The van der Waals surface area contributed by atoms with Crippen molar-refractivity contribution in [1.82, 2.24) is 24.9 Å². The van der Waals surface area contributed by atoms with Crippen molar-refractivity contribution in [1.29, 1.82) is 0 Å². The summed E-state index contributed by atoms with van der Waals surface area (Å²) >= 11 is 0. The summed E-state index contributed by atoms with van der Waals surface area (Å²) in [5.41, 5.74) is 0.300. The third-order valence-electron chi connectivity index (χ3n) is 6.39. The van der Waals surface area contributed by atoms with E-state index in [0.29, 0.717) is 48.4 Å². The molecule has 3 aromatic rings. The number of aromatic nitrogens is 4. The van der Waals surface area contributed by atoms with Gasteiger partial charge in [0.15, 0.2) is 17.5 Å². The Morgan fingerprint density at radius 1 is 1.23 bits per heavy atom. The van der Waals surface area contributed by atoms with E-state index in [4.69, 9.17) is 4.42 Å². The van der Waals surface area contributed by atoms with Gasteiger partial charge in [-0.2, -0.15) is 5.10 Å². The smallest absolute Gasteiger partial charge is 0.322 e. The van der Waals surface area contributed by atoms with Gasteiger partial charge in [-0.25, -0.2) is 18.0 Å². The number of halogens is 3. The van der Waals surface area contributed by atoms with Crippen LogP contribution in [0.5, 0.6) is 0 Å². The van der Waals surface area contributed by atoms with Crippen LogP contribution in [-0.4, -0.2) is 49.4 Å². The number of hydrogen-bond acceptors (Lipinski definition) is 6. The van der Waals surface area contributed by atoms with Crippen LogP contribution < -0.4 is 10.2 Å². The van der Waals surface area contributed by atoms with E-state index >= 15 is 0 Å². The van der Waals surface area contributed by atoms with E-state index in [1.54, 1.807) is 29.6 Å². The molecule has 1 fully saturated rings. The summed E-state index contributed by atoms with van der Waals surface area (Å²) in [6, 6.07) is 0.485. The number of aryl methyl sites for hydroxylation is 1. The van der Waals surface area contributed by atoms with Crippen LogP contribution in [0.15, 0.2) is 22.7 Å². The van der Waals surface area contributed by atoms with Crippen molar-refractivity contribution < 1.29 is 27.2 Å². The fourth-order valence-electron chi connectivity index (χ4n) is 4.53. The number of carbonyl (C=O) groups excluding carboxylic acids is 2. The zero-order chi connectivity index (χ0) is 25.1. The summed E-state index contributed by atoms with van der Waals surface area (Å²) in [6.45, 7) is 6.08. The summed E-state index contributed by atoms with van der Waals surface area (Å²) < 4.78 is 47.7. The largest absolute Gasteiger partial charge is 0.425 e. The number of nitrogens with zero attached hydrogens (tertiary/aromatic N) is 6. The summed E-state index contributed by atoms with van der Waals surface area (Å²) in [5.74, 6) is -3.78. The van der Waals surface area contributed by atoms with Gasteiger partial charge in [0.25, 0.3) is 0 Å². The van der Waals surface area contributed by atoms with Gasteiger partial charge in [0.1, 0.15) is 0 Å². The van der Waals surface area contributed by atoms with Crippen LogP contribution in [0.4, 0.5) is 29.3 Å². The summed E-state index contributed by atoms with van der Waals surface area (Å²) in [4.78, 5) is 29.0. The van der Waals surface area contributed by atoms with Gasteiger partial charge >= 0.3 is 6.03 Å². The predicted molar refractivity (Wildman–Crippen MR) is 116 cm³/mol. The second kappa shape index (κ2) is 8.10. The minimum atomic E-state index is -1.61. The molecule has 184 valence electrons. The van der Waals surface area contributed by atoms with Crippen molar-refractivity contribution in [2.75, 3.05) is 16.8 Å². The summed E-state index contributed by atoms with van der Waals surface area (Å²) in [5, 5.41) is 14.8. The van der Waals surface area contributed by atoms with Gasteiger partial charge in [0.05, 0.1) is 42.1 Å². The molecule has 2 aromatic heterocycles. The third kappa shape index (κ3) is 3.90. The first-order valence-corrected chi connectivity index (χ1v) is 10.9. The van der Waals surface area contributed by atoms with Gasteiger partial charge in [0, 0.05) is 37.7 Å². The van der Waals surface area contributed by atoms with Gasteiger partial charge in [-0.1, -0.05) is 0 Å². The van der Waals surface area contributed by atoms with E-state index in [1.807, 2.05) is 6.92 Å². The molecule has 10 nitrogen and oxygen atoms in total. The topological polar surface area (TPSA) is 109 Å². The summed E-state index contributed by atoms with van der Waals surface area (Å²) in [6.07, 6.45) is 1.75. The first-order valence-electron chi connectivity index (χ1n) is 10.9. The van der Waals surface area contributed by atoms with Crippen LogP contribution in [0.3, 0.4) is 0 Å². The molecule has 35 heavy (non-hydrogen) atoms. The van der Waals surface area contributed by atoms with Crippen molar-refractivity contribution in [3.05, 3.63) is 53.3 Å². The van der Waals surface area contributed by atoms with Crippen molar-refractivity contribution in [2.24, 2.45) is 0 Å². The van der Waals surface area contributed by atoms with E-state index in [9.17, 15) is 22.8 Å². The SMILES string of the molecule is Cc1nnc(C2(C)CC(=O)N(c3cnn4c3CN(C(=O)Nc3cc(F)c(F)c(F)c3)[C@@H](C)C4)C2)o1. The van der Waals surface area contributed by atoms with Gasteiger partial charge < -0.3 is 19.5 Å². The molecule has 0 spiro atoms. The zero-order valence-corrected chi connectivity index (χ0v) is 19.2. The van der Waals surface area contributed by atoms with E-state index in [-0.39, 0.29) is 30.6 Å². The molecular weight excluding hydrogens is 467 g/mol. The Balaban J connectivity index is 1.38. The molecule has 1 aromatic carbocycles. The highest BCUT2D eigenvalue weighted by atomic mass is 19.2. The Hall–Kier alpha value is -3.90. The minimum absolute atomic E-state index is 0.0919. The quantitative estimate of drug-likeness (QED) is 0.567. The number of amides is 3. The molecular formula is C22H22F3N7O3. The molecule has 0 bridgehead atoms. The molecule has 0 radical (unpaired) electrons. The minimum Gasteiger partial charge on any atom is -0.425 e. The van der Waals surface area contributed by atoms with E-state index in [0.717, 1.165) is 0 Å². The van der Waals surface area contributed by atoms with Gasteiger partial charge in [-0.15, -0.1) is 10.2 Å². The summed E-state index contributed by atoms with van der Waals surface area (Å²) in [7, 11) is 0. The Morgan fingerprint density at radius 2 is 1.94 bits per heavy atom. The molecule has 4 heterocycles. The van der Waals surface area contributed by atoms with Crippen LogP contribution in [0.2, 0.25) is 0 Å². The van der Waals surface area contributed by atoms with Crippen molar-refractivity contribution in [2.45, 2.75) is 51.7 Å². The lowest BCUT2D eigenvalue weighted by Gasteiger charge is -2.35. The molecule has 1 saturated heterocycles. The van der Waals surface area contributed by atoms with Crippen LogP contribution in [0.25, 0.3) is 0 Å². The molecule has 2 aliphatic heterocycles. The maximum Gasteiger partial charge on any atom is 0.322 e. The highest BCUT2D eigenvalue weighted by molar-refractivity contribution is 5.97. The van der Waals surface area contributed by atoms with E-state index in [2.05, 4.69) is 20.6 Å². The molecule has 0 aliphatic carbocycles. The molecule has 5 rings (SSSR count). The first kappa shape index (κ1) is 22.9. The van der Waals surface area contributed by atoms with Gasteiger partial charge in [-0.3, -0.25) is 9.48 Å². The monoisotopic (exact) mass is 489 g/mol. The van der Waals surface area contributed by atoms with Crippen LogP contribution in [-0.2, 0) is 23.3 Å². The van der Waals surface area contributed by atoms with Crippen molar-refractivity contribution in [3.8, 4) is 0 Å². The number of benzene rings is 1. The second-order valence-corrected chi connectivity index (χ2v) is 9.16. The maximum atomic E-state index is 13.6. The second-order valence-electron chi connectivity index (χ2n) is 9.16. The molecule has 1 N–H and O–H groups in total. The number of rotatable bonds is 3. The van der Waals surface area contributed by atoms with Crippen molar-refractivity contribution >= 4 is 23.3 Å². The van der Waals surface area contributed by atoms with Crippen LogP contribution in [0.1, 0.15) is 37.7 Å². The lowest BCUT2D eigenvalue weighted by molar-refractivity contribution is -0.117. The average Bonchev–Trinajstić information content (AvgIpc) is 3.48.